The molecule has 92 valence electrons. The van der Waals surface area contributed by atoms with Crippen LogP contribution in [0.15, 0.2) is 6.20 Å². The smallest absolute Gasteiger partial charge is 0.0831 e. The van der Waals surface area contributed by atoms with E-state index in [1.807, 2.05) is 11.7 Å². The molecular formula is C10H18Cl2N4. The number of hydrogen-bond donors (Lipinski definition) is 1. The molecule has 1 aliphatic heterocycles. The summed E-state index contributed by atoms with van der Waals surface area (Å²) in [6.07, 6.45) is 1.69. The van der Waals surface area contributed by atoms with Crippen molar-refractivity contribution in [3.05, 3.63) is 16.9 Å². The fraction of sp³-hybridized carbons (Fsp3) is 0.700. The Labute approximate surface area is 107 Å². The summed E-state index contributed by atoms with van der Waals surface area (Å²) in [7, 11) is 1.92. The number of halogens is 2. The number of hydrogen-bond acceptors (Lipinski definition) is 3. The van der Waals surface area contributed by atoms with E-state index in [-0.39, 0.29) is 18.4 Å². The molecule has 0 aliphatic carbocycles. The van der Waals surface area contributed by atoms with Crippen LogP contribution in [-0.2, 0) is 13.6 Å². The molecule has 2 N–H and O–H groups in total. The van der Waals surface area contributed by atoms with Gasteiger partial charge in [-0.3, -0.25) is 9.58 Å². The van der Waals surface area contributed by atoms with E-state index in [4.69, 9.17) is 17.3 Å². The van der Waals surface area contributed by atoms with Gasteiger partial charge in [-0.15, -0.1) is 12.4 Å². The minimum atomic E-state index is 0. The van der Waals surface area contributed by atoms with Gasteiger partial charge in [0.05, 0.1) is 16.9 Å². The van der Waals surface area contributed by atoms with Crippen molar-refractivity contribution in [3.8, 4) is 0 Å². The van der Waals surface area contributed by atoms with Gasteiger partial charge in [-0.25, -0.2) is 0 Å². The largest absolute Gasteiger partial charge is 0.326 e. The highest BCUT2D eigenvalue weighted by Crippen LogP contribution is 2.21. The van der Waals surface area contributed by atoms with Gasteiger partial charge in [-0.2, -0.15) is 5.10 Å². The minimum Gasteiger partial charge on any atom is -0.326 e. The molecule has 2 atom stereocenters. The van der Waals surface area contributed by atoms with Crippen molar-refractivity contribution < 1.29 is 0 Å². The predicted octanol–water partition coefficient (Wildman–Crippen LogP) is 1.27. The van der Waals surface area contributed by atoms with Gasteiger partial charge in [0, 0.05) is 32.7 Å². The Morgan fingerprint density at radius 1 is 1.56 bits per heavy atom. The van der Waals surface area contributed by atoms with Crippen molar-refractivity contribution in [2.75, 3.05) is 13.1 Å². The van der Waals surface area contributed by atoms with E-state index in [1.165, 1.54) is 0 Å². The molecular weight excluding hydrogens is 247 g/mol. The molecule has 0 saturated carbocycles. The fourth-order valence-corrected chi connectivity index (χ4v) is 2.28. The van der Waals surface area contributed by atoms with Crippen molar-refractivity contribution in [1.29, 1.82) is 0 Å². The first-order valence-electron chi connectivity index (χ1n) is 5.22. The van der Waals surface area contributed by atoms with Crippen LogP contribution in [0.2, 0.25) is 5.02 Å². The van der Waals surface area contributed by atoms with Gasteiger partial charge < -0.3 is 5.73 Å². The van der Waals surface area contributed by atoms with E-state index < -0.39 is 0 Å². The number of rotatable bonds is 2. The lowest BCUT2D eigenvalue weighted by Crippen LogP contribution is -2.28. The van der Waals surface area contributed by atoms with Crippen LogP contribution >= 0.6 is 24.0 Å². The van der Waals surface area contributed by atoms with Crippen molar-refractivity contribution in [2.45, 2.75) is 19.5 Å². The summed E-state index contributed by atoms with van der Waals surface area (Å²) in [4.78, 5) is 2.33. The SMILES string of the molecule is CC1CN(Cc2c(Cl)cnn2C)CC1N.Cl. The Hall–Kier alpha value is -0.290. The van der Waals surface area contributed by atoms with E-state index in [1.54, 1.807) is 6.20 Å². The van der Waals surface area contributed by atoms with Crippen LogP contribution in [0.25, 0.3) is 0 Å². The molecule has 16 heavy (non-hydrogen) atoms. The monoisotopic (exact) mass is 264 g/mol. The predicted molar refractivity (Wildman–Crippen MR) is 67.9 cm³/mol. The van der Waals surface area contributed by atoms with Gasteiger partial charge in [-0.1, -0.05) is 18.5 Å². The lowest BCUT2D eigenvalue weighted by molar-refractivity contribution is 0.309. The highest BCUT2D eigenvalue weighted by atomic mass is 35.5. The first-order chi connectivity index (χ1) is 7.08. The lowest BCUT2D eigenvalue weighted by atomic mass is 10.1. The molecule has 1 aliphatic rings. The van der Waals surface area contributed by atoms with Crippen LogP contribution < -0.4 is 5.73 Å². The molecule has 1 fully saturated rings. The van der Waals surface area contributed by atoms with Crippen molar-refractivity contribution >= 4 is 24.0 Å². The Balaban J connectivity index is 0.00000128. The maximum atomic E-state index is 6.06. The third-order valence-electron chi connectivity index (χ3n) is 3.13. The number of aryl methyl sites for hydroxylation is 1. The second-order valence-electron chi connectivity index (χ2n) is 4.40. The van der Waals surface area contributed by atoms with Gasteiger partial charge in [0.15, 0.2) is 0 Å². The van der Waals surface area contributed by atoms with E-state index >= 15 is 0 Å². The zero-order valence-corrected chi connectivity index (χ0v) is 11.1. The molecule has 0 spiro atoms. The average molecular weight is 265 g/mol. The maximum absolute atomic E-state index is 6.06. The molecule has 2 heterocycles. The van der Waals surface area contributed by atoms with Crippen LogP contribution in [0.3, 0.4) is 0 Å². The molecule has 1 aromatic heterocycles. The van der Waals surface area contributed by atoms with Gasteiger partial charge in [-0.05, 0) is 5.92 Å². The van der Waals surface area contributed by atoms with Gasteiger partial charge in [0.2, 0.25) is 0 Å². The van der Waals surface area contributed by atoms with Crippen LogP contribution in [0.1, 0.15) is 12.6 Å². The van der Waals surface area contributed by atoms with Gasteiger partial charge in [0.1, 0.15) is 0 Å². The standard InChI is InChI=1S/C10H17ClN4.ClH/c1-7-4-15(5-9(7)12)6-10-8(11)3-13-14(10)2;/h3,7,9H,4-6,12H2,1-2H3;1H. The van der Waals surface area contributed by atoms with Crippen molar-refractivity contribution in [3.63, 3.8) is 0 Å². The molecule has 4 nitrogen and oxygen atoms in total. The third kappa shape index (κ3) is 2.69. The highest BCUT2D eigenvalue weighted by molar-refractivity contribution is 6.31. The third-order valence-corrected chi connectivity index (χ3v) is 3.45. The van der Waals surface area contributed by atoms with Crippen LogP contribution in [0.4, 0.5) is 0 Å². The Kier molecular flexibility index (Phi) is 4.62. The van der Waals surface area contributed by atoms with Crippen LogP contribution in [-0.4, -0.2) is 33.8 Å². The molecule has 0 aromatic carbocycles. The molecule has 0 radical (unpaired) electrons. The molecule has 2 rings (SSSR count). The minimum absolute atomic E-state index is 0. The van der Waals surface area contributed by atoms with E-state index in [0.717, 1.165) is 30.4 Å². The highest BCUT2D eigenvalue weighted by Gasteiger charge is 2.27. The van der Waals surface area contributed by atoms with E-state index in [0.29, 0.717) is 5.92 Å². The van der Waals surface area contributed by atoms with E-state index in [9.17, 15) is 0 Å². The summed E-state index contributed by atoms with van der Waals surface area (Å²) in [5.74, 6) is 0.567. The number of aromatic nitrogens is 2. The van der Waals surface area contributed by atoms with Crippen molar-refractivity contribution in [1.82, 2.24) is 14.7 Å². The Morgan fingerprint density at radius 3 is 2.69 bits per heavy atom. The zero-order valence-electron chi connectivity index (χ0n) is 9.56. The fourth-order valence-electron chi connectivity index (χ4n) is 2.05. The summed E-state index contributed by atoms with van der Waals surface area (Å²) < 4.78 is 1.83. The van der Waals surface area contributed by atoms with E-state index in [2.05, 4.69) is 16.9 Å². The summed E-state index contributed by atoms with van der Waals surface area (Å²) in [6, 6.07) is 0.289. The van der Waals surface area contributed by atoms with Crippen LogP contribution in [0, 0.1) is 5.92 Å². The van der Waals surface area contributed by atoms with Gasteiger partial charge in [0.25, 0.3) is 0 Å². The Bertz CT molecular complexity index is 323. The first kappa shape index (κ1) is 13.8. The summed E-state index contributed by atoms with van der Waals surface area (Å²) in [6.45, 7) is 5.02. The molecule has 0 amide bonds. The molecule has 1 aromatic rings. The number of nitrogens with two attached hydrogens (primary N) is 1. The maximum Gasteiger partial charge on any atom is 0.0831 e. The Morgan fingerprint density at radius 2 is 2.25 bits per heavy atom. The first-order valence-corrected chi connectivity index (χ1v) is 5.60. The number of nitrogens with zero attached hydrogens (tertiary/aromatic N) is 3. The zero-order chi connectivity index (χ0) is 11.0. The molecule has 6 heteroatoms. The van der Waals surface area contributed by atoms with Crippen LogP contribution in [0.5, 0.6) is 0 Å². The number of likely N-dealkylation sites (tertiary alicyclic amines) is 1. The van der Waals surface area contributed by atoms with Gasteiger partial charge >= 0.3 is 0 Å². The second kappa shape index (κ2) is 5.36. The van der Waals surface area contributed by atoms with Crippen molar-refractivity contribution in [2.24, 2.45) is 18.7 Å². The summed E-state index contributed by atoms with van der Waals surface area (Å²) >= 11 is 6.06. The quantitative estimate of drug-likeness (QED) is 0.876. The lowest BCUT2D eigenvalue weighted by Gasteiger charge is -2.15. The second-order valence-corrected chi connectivity index (χ2v) is 4.81. The molecule has 2 unspecified atom stereocenters. The average Bonchev–Trinajstić information content (AvgIpc) is 2.64. The summed E-state index contributed by atoms with van der Waals surface area (Å²) in [5.41, 5.74) is 7.04. The summed E-state index contributed by atoms with van der Waals surface area (Å²) in [5, 5.41) is 4.86. The topological polar surface area (TPSA) is 47.1 Å². The normalized spacial score (nSPS) is 25.8. The molecule has 0 bridgehead atoms. The molecule has 1 saturated heterocycles.